The van der Waals surface area contributed by atoms with Gasteiger partial charge in [0.05, 0.1) is 0 Å². The molecule has 1 aromatic carbocycles. The molecular weight excluding hydrogens is 191 g/mol. The van der Waals surface area contributed by atoms with E-state index in [-0.39, 0.29) is 6.04 Å². The molecule has 72 valence electrons. The maximum atomic E-state index is 13.2. The summed E-state index contributed by atoms with van der Waals surface area (Å²) in [5.41, 5.74) is 11.5. The normalized spacial score (nSPS) is 15.5. The first-order chi connectivity index (χ1) is 6.04. The van der Waals surface area contributed by atoms with Crippen LogP contribution >= 0.6 is 11.6 Å². The van der Waals surface area contributed by atoms with Gasteiger partial charge in [-0.2, -0.15) is 0 Å². The highest BCUT2D eigenvalue weighted by molar-refractivity contribution is 6.31. The summed E-state index contributed by atoms with van der Waals surface area (Å²) < 4.78 is 13.2. The first-order valence-corrected chi connectivity index (χ1v) is 4.37. The average molecular weight is 203 g/mol. The highest BCUT2D eigenvalue weighted by Crippen LogP contribution is 2.25. The highest BCUT2D eigenvalue weighted by Gasteiger charge is 2.17. The fourth-order valence-corrected chi connectivity index (χ4v) is 1.38. The van der Waals surface area contributed by atoms with Crippen LogP contribution in [0.4, 0.5) is 4.39 Å². The van der Waals surface area contributed by atoms with Gasteiger partial charge in [-0.25, -0.2) is 4.39 Å². The maximum Gasteiger partial charge on any atom is 0.129 e. The maximum absolute atomic E-state index is 13.2. The molecule has 0 saturated heterocycles. The minimum atomic E-state index is -0.561. The summed E-state index contributed by atoms with van der Waals surface area (Å²) in [4.78, 5) is 0. The van der Waals surface area contributed by atoms with Crippen LogP contribution in [-0.4, -0.2) is 6.04 Å². The van der Waals surface area contributed by atoms with Crippen molar-refractivity contribution in [3.63, 3.8) is 0 Å². The standard InChI is InChI=1S/C9H12ClFN2/c1-5(12)9(13)8-6(10)3-2-4-7(8)11/h2-5,9H,12-13H2,1H3/t5-,9+/m0/s1. The van der Waals surface area contributed by atoms with Gasteiger partial charge in [-0.1, -0.05) is 17.7 Å². The molecule has 1 aromatic rings. The Bertz CT molecular complexity index is 281. The van der Waals surface area contributed by atoms with Crippen LogP contribution in [0.25, 0.3) is 0 Å². The fraction of sp³-hybridized carbons (Fsp3) is 0.333. The summed E-state index contributed by atoms with van der Waals surface area (Å²) in [7, 11) is 0. The molecule has 0 spiro atoms. The molecule has 0 heterocycles. The van der Waals surface area contributed by atoms with Crippen molar-refractivity contribution in [1.82, 2.24) is 0 Å². The fourth-order valence-electron chi connectivity index (χ4n) is 1.09. The summed E-state index contributed by atoms with van der Waals surface area (Å²) in [6.45, 7) is 1.72. The highest BCUT2D eigenvalue weighted by atomic mass is 35.5. The van der Waals surface area contributed by atoms with Crippen LogP contribution in [0.2, 0.25) is 5.02 Å². The zero-order valence-corrected chi connectivity index (χ0v) is 8.05. The van der Waals surface area contributed by atoms with Crippen LogP contribution < -0.4 is 11.5 Å². The molecule has 2 nitrogen and oxygen atoms in total. The van der Waals surface area contributed by atoms with Crippen LogP contribution in [0.5, 0.6) is 0 Å². The number of hydrogen-bond acceptors (Lipinski definition) is 2. The van der Waals surface area contributed by atoms with Crippen LogP contribution in [0.3, 0.4) is 0 Å². The first kappa shape index (κ1) is 10.4. The molecule has 0 aliphatic rings. The zero-order valence-electron chi connectivity index (χ0n) is 7.30. The lowest BCUT2D eigenvalue weighted by molar-refractivity contribution is 0.536. The van der Waals surface area contributed by atoms with E-state index in [1.54, 1.807) is 13.0 Å². The smallest absolute Gasteiger partial charge is 0.129 e. The molecule has 4 N–H and O–H groups in total. The minimum absolute atomic E-state index is 0.291. The van der Waals surface area contributed by atoms with Crippen LogP contribution in [-0.2, 0) is 0 Å². The Morgan fingerprint density at radius 1 is 1.38 bits per heavy atom. The van der Waals surface area contributed by atoms with E-state index in [4.69, 9.17) is 23.1 Å². The van der Waals surface area contributed by atoms with Crippen molar-refractivity contribution in [2.24, 2.45) is 11.5 Å². The van der Waals surface area contributed by atoms with E-state index in [0.29, 0.717) is 10.6 Å². The van der Waals surface area contributed by atoms with E-state index >= 15 is 0 Å². The predicted molar refractivity (Wildman–Crippen MR) is 52.0 cm³/mol. The molecule has 4 heteroatoms. The van der Waals surface area contributed by atoms with E-state index in [1.165, 1.54) is 12.1 Å². The zero-order chi connectivity index (χ0) is 10.0. The van der Waals surface area contributed by atoms with Gasteiger partial charge < -0.3 is 11.5 Å². The van der Waals surface area contributed by atoms with Crippen molar-refractivity contribution in [3.8, 4) is 0 Å². The predicted octanol–water partition coefficient (Wildman–Crippen LogP) is 1.83. The van der Waals surface area contributed by atoms with E-state index in [2.05, 4.69) is 0 Å². The lowest BCUT2D eigenvalue weighted by atomic mass is 10.0. The number of halogens is 2. The summed E-state index contributed by atoms with van der Waals surface area (Å²) in [6.07, 6.45) is 0. The van der Waals surface area contributed by atoms with E-state index in [1.807, 2.05) is 0 Å². The molecule has 13 heavy (non-hydrogen) atoms. The van der Waals surface area contributed by atoms with Crippen molar-refractivity contribution in [3.05, 3.63) is 34.6 Å². The monoisotopic (exact) mass is 202 g/mol. The van der Waals surface area contributed by atoms with Gasteiger partial charge in [-0.15, -0.1) is 0 Å². The Morgan fingerprint density at radius 2 is 2.00 bits per heavy atom. The second-order valence-electron chi connectivity index (χ2n) is 3.02. The Balaban J connectivity index is 3.12. The number of hydrogen-bond donors (Lipinski definition) is 2. The van der Waals surface area contributed by atoms with Crippen LogP contribution in [0.15, 0.2) is 18.2 Å². The van der Waals surface area contributed by atoms with E-state index in [0.717, 1.165) is 0 Å². The third kappa shape index (κ3) is 2.18. The van der Waals surface area contributed by atoms with Gasteiger partial charge >= 0.3 is 0 Å². The summed E-state index contributed by atoms with van der Waals surface area (Å²) in [5.74, 6) is -0.405. The third-order valence-electron chi connectivity index (χ3n) is 1.90. The Morgan fingerprint density at radius 3 is 2.46 bits per heavy atom. The van der Waals surface area contributed by atoms with Crippen molar-refractivity contribution >= 4 is 11.6 Å². The molecule has 1 rings (SSSR count). The molecule has 0 bridgehead atoms. The van der Waals surface area contributed by atoms with Crippen LogP contribution in [0.1, 0.15) is 18.5 Å². The molecule has 0 saturated carbocycles. The van der Waals surface area contributed by atoms with Gasteiger partial charge in [0.15, 0.2) is 0 Å². The van der Waals surface area contributed by atoms with Gasteiger partial charge in [0.25, 0.3) is 0 Å². The largest absolute Gasteiger partial charge is 0.326 e. The Hall–Kier alpha value is -0.640. The van der Waals surface area contributed by atoms with Gasteiger partial charge in [-0.3, -0.25) is 0 Å². The second-order valence-corrected chi connectivity index (χ2v) is 3.43. The van der Waals surface area contributed by atoms with Crippen molar-refractivity contribution in [1.29, 1.82) is 0 Å². The van der Waals surface area contributed by atoms with Crippen LogP contribution in [0, 0.1) is 5.82 Å². The summed E-state index contributed by atoms with van der Waals surface area (Å²) in [6, 6.07) is 3.57. The minimum Gasteiger partial charge on any atom is -0.326 e. The lowest BCUT2D eigenvalue weighted by Crippen LogP contribution is -2.32. The summed E-state index contributed by atoms with van der Waals surface area (Å²) in [5, 5.41) is 0.324. The molecule has 2 atom stereocenters. The molecule has 0 unspecified atom stereocenters. The van der Waals surface area contributed by atoms with Gasteiger partial charge in [0.1, 0.15) is 5.82 Å². The summed E-state index contributed by atoms with van der Waals surface area (Å²) >= 11 is 5.79. The number of benzene rings is 1. The van der Waals surface area contributed by atoms with Crippen molar-refractivity contribution in [2.45, 2.75) is 19.0 Å². The van der Waals surface area contributed by atoms with E-state index < -0.39 is 11.9 Å². The Kier molecular flexibility index (Phi) is 3.25. The number of rotatable bonds is 2. The first-order valence-electron chi connectivity index (χ1n) is 3.99. The van der Waals surface area contributed by atoms with Gasteiger partial charge in [0, 0.05) is 22.7 Å². The molecule has 0 radical (unpaired) electrons. The molecular formula is C9H12ClFN2. The molecule has 0 aliphatic heterocycles. The Labute approximate surface area is 81.7 Å². The quantitative estimate of drug-likeness (QED) is 0.769. The van der Waals surface area contributed by atoms with E-state index in [9.17, 15) is 4.39 Å². The third-order valence-corrected chi connectivity index (χ3v) is 2.23. The van der Waals surface area contributed by atoms with Gasteiger partial charge in [-0.05, 0) is 19.1 Å². The molecule has 0 amide bonds. The molecule has 0 aliphatic carbocycles. The topological polar surface area (TPSA) is 52.0 Å². The lowest BCUT2D eigenvalue weighted by Gasteiger charge is -2.17. The van der Waals surface area contributed by atoms with Gasteiger partial charge in [0.2, 0.25) is 0 Å². The van der Waals surface area contributed by atoms with Crippen molar-refractivity contribution < 1.29 is 4.39 Å². The average Bonchev–Trinajstić information content (AvgIpc) is 2.03. The second kappa shape index (κ2) is 4.05. The molecule has 0 fully saturated rings. The number of nitrogens with two attached hydrogens (primary N) is 2. The SMILES string of the molecule is C[C@H](N)[C@@H](N)c1c(F)cccc1Cl. The van der Waals surface area contributed by atoms with Crippen molar-refractivity contribution in [2.75, 3.05) is 0 Å². The molecule has 0 aromatic heterocycles.